The second kappa shape index (κ2) is 6.47. The normalized spacial score (nSPS) is 33.0. The van der Waals surface area contributed by atoms with Crippen LogP contribution in [-0.4, -0.2) is 40.9 Å². The molecule has 0 amide bonds. The predicted molar refractivity (Wildman–Crippen MR) is 84.1 cm³/mol. The molecule has 1 aromatic rings. The topological polar surface area (TPSA) is 32.7 Å². The second-order valence-corrected chi connectivity index (χ2v) is 6.74. The molecule has 1 N–H and O–H groups in total. The van der Waals surface area contributed by atoms with Crippen molar-refractivity contribution in [2.24, 2.45) is 0 Å². The highest BCUT2D eigenvalue weighted by Crippen LogP contribution is 2.38. The van der Waals surface area contributed by atoms with Crippen molar-refractivity contribution < 1.29 is 9.84 Å². The van der Waals surface area contributed by atoms with E-state index in [1.165, 1.54) is 5.56 Å². The van der Waals surface area contributed by atoms with Gasteiger partial charge in [-0.15, -0.1) is 0 Å². The first-order chi connectivity index (χ1) is 10.2. The number of hydrogen-bond donors (Lipinski definition) is 1. The first-order valence-electron chi connectivity index (χ1n) is 8.30. The van der Waals surface area contributed by atoms with Crippen LogP contribution in [0.3, 0.4) is 0 Å². The molecule has 2 bridgehead atoms. The van der Waals surface area contributed by atoms with Gasteiger partial charge >= 0.3 is 0 Å². The lowest BCUT2D eigenvalue weighted by Crippen LogP contribution is -2.61. The molecular formula is C18H27NO2. The quantitative estimate of drug-likeness (QED) is 0.904. The summed E-state index contributed by atoms with van der Waals surface area (Å²) < 4.78 is 5.75. The Morgan fingerprint density at radius 3 is 2.48 bits per heavy atom. The molecular weight excluding hydrogens is 262 g/mol. The van der Waals surface area contributed by atoms with E-state index in [1.54, 1.807) is 0 Å². The summed E-state index contributed by atoms with van der Waals surface area (Å²) in [4.78, 5) is 2.55. The number of morpholine rings is 1. The van der Waals surface area contributed by atoms with Crippen LogP contribution >= 0.6 is 0 Å². The lowest BCUT2D eigenvalue weighted by Gasteiger charge is -2.52. The van der Waals surface area contributed by atoms with Crippen LogP contribution in [0, 0.1) is 0 Å². The number of ether oxygens (including phenoxy) is 1. The smallest absolute Gasteiger partial charge is 0.0679 e. The molecule has 2 saturated heterocycles. The van der Waals surface area contributed by atoms with E-state index in [9.17, 15) is 5.11 Å². The Morgan fingerprint density at radius 2 is 1.86 bits per heavy atom. The predicted octanol–water partition coefficient (Wildman–Crippen LogP) is 2.97. The second-order valence-electron chi connectivity index (χ2n) is 6.74. The molecule has 0 saturated carbocycles. The number of rotatable bonds is 5. The van der Waals surface area contributed by atoms with E-state index < -0.39 is 5.60 Å². The van der Waals surface area contributed by atoms with E-state index >= 15 is 0 Å². The van der Waals surface area contributed by atoms with Crippen LogP contribution in [0.5, 0.6) is 0 Å². The Balaban J connectivity index is 1.70. The molecule has 116 valence electrons. The molecule has 2 atom stereocenters. The largest absolute Gasteiger partial charge is 0.390 e. The fourth-order valence-electron chi connectivity index (χ4n) is 3.91. The maximum Gasteiger partial charge on any atom is 0.0679 e. The van der Waals surface area contributed by atoms with E-state index in [4.69, 9.17) is 4.74 Å². The summed E-state index contributed by atoms with van der Waals surface area (Å²) in [6.45, 7) is 4.69. The molecule has 3 heteroatoms. The molecule has 2 heterocycles. The van der Waals surface area contributed by atoms with E-state index in [2.05, 4.69) is 42.2 Å². The summed E-state index contributed by atoms with van der Waals surface area (Å²) in [5, 5.41) is 10.9. The average molecular weight is 289 g/mol. The summed E-state index contributed by atoms with van der Waals surface area (Å²) >= 11 is 0. The van der Waals surface area contributed by atoms with Crippen molar-refractivity contribution in [1.29, 1.82) is 0 Å². The Hall–Kier alpha value is -0.900. The van der Waals surface area contributed by atoms with Gasteiger partial charge in [0.1, 0.15) is 0 Å². The fraction of sp³-hybridized carbons (Fsp3) is 0.667. The molecule has 21 heavy (non-hydrogen) atoms. The first-order valence-corrected chi connectivity index (χ1v) is 8.30. The minimum atomic E-state index is -0.470. The fourth-order valence-corrected chi connectivity index (χ4v) is 3.91. The third-order valence-electron chi connectivity index (χ3n) is 4.99. The van der Waals surface area contributed by atoms with E-state index in [1.807, 2.05) is 0 Å². The monoisotopic (exact) mass is 289 g/mol. The summed E-state index contributed by atoms with van der Waals surface area (Å²) in [5.74, 6) is 0. The van der Waals surface area contributed by atoms with Crippen LogP contribution in [0.2, 0.25) is 0 Å². The number of unbranched alkanes of at least 4 members (excludes halogenated alkanes) is 1. The Labute approximate surface area is 127 Å². The summed E-state index contributed by atoms with van der Waals surface area (Å²) in [5.41, 5.74) is 0.885. The van der Waals surface area contributed by atoms with E-state index in [0.717, 1.165) is 51.9 Å². The SMILES string of the molecule is CCCCC1(O)CC2COCC(C1)N2Cc1ccccc1. The maximum atomic E-state index is 10.9. The van der Waals surface area contributed by atoms with Gasteiger partial charge < -0.3 is 9.84 Å². The number of piperidine rings is 1. The van der Waals surface area contributed by atoms with E-state index in [-0.39, 0.29) is 0 Å². The summed E-state index contributed by atoms with van der Waals surface area (Å²) in [7, 11) is 0. The van der Waals surface area contributed by atoms with Crippen LogP contribution in [0.25, 0.3) is 0 Å². The molecule has 2 aliphatic heterocycles. The van der Waals surface area contributed by atoms with Crippen LogP contribution in [-0.2, 0) is 11.3 Å². The van der Waals surface area contributed by atoms with Crippen molar-refractivity contribution >= 4 is 0 Å². The molecule has 1 aromatic carbocycles. The molecule has 0 aromatic heterocycles. The number of fused-ring (bicyclic) bond motifs is 2. The molecule has 3 rings (SSSR count). The van der Waals surface area contributed by atoms with Gasteiger partial charge in [-0.05, 0) is 24.8 Å². The van der Waals surface area contributed by atoms with Crippen molar-refractivity contribution in [2.45, 2.75) is 63.3 Å². The van der Waals surface area contributed by atoms with Crippen LogP contribution in [0.15, 0.2) is 30.3 Å². The van der Waals surface area contributed by atoms with E-state index in [0.29, 0.717) is 12.1 Å². The highest BCUT2D eigenvalue weighted by molar-refractivity contribution is 5.15. The van der Waals surface area contributed by atoms with Gasteiger partial charge in [0.2, 0.25) is 0 Å². The van der Waals surface area contributed by atoms with Gasteiger partial charge in [-0.25, -0.2) is 0 Å². The third-order valence-corrected chi connectivity index (χ3v) is 4.99. The van der Waals surface area contributed by atoms with Crippen LogP contribution in [0.4, 0.5) is 0 Å². The zero-order chi connectivity index (χ0) is 14.7. The molecule has 2 aliphatic rings. The van der Waals surface area contributed by atoms with Crippen molar-refractivity contribution in [3.05, 3.63) is 35.9 Å². The standard InChI is InChI=1S/C18H27NO2/c1-2-3-9-18(20)10-16-13-21-14-17(11-18)19(16)12-15-7-5-4-6-8-15/h4-8,16-17,20H,2-3,9-14H2,1H3. The number of benzene rings is 1. The van der Waals surface area contributed by atoms with Crippen molar-refractivity contribution in [3.8, 4) is 0 Å². The van der Waals surface area contributed by atoms with Crippen LogP contribution in [0.1, 0.15) is 44.6 Å². The molecule has 0 radical (unpaired) electrons. The first kappa shape index (κ1) is 15.0. The molecule has 0 spiro atoms. The molecule has 0 aliphatic carbocycles. The zero-order valence-corrected chi connectivity index (χ0v) is 13.0. The summed E-state index contributed by atoms with van der Waals surface area (Å²) in [6.07, 6.45) is 4.93. The highest BCUT2D eigenvalue weighted by atomic mass is 16.5. The lowest BCUT2D eigenvalue weighted by atomic mass is 9.78. The van der Waals surface area contributed by atoms with Gasteiger partial charge in [0.05, 0.1) is 18.8 Å². The molecule has 2 fully saturated rings. The third kappa shape index (κ3) is 3.47. The lowest BCUT2D eigenvalue weighted by molar-refractivity contribution is -0.148. The number of hydrogen-bond acceptors (Lipinski definition) is 3. The molecule has 3 nitrogen and oxygen atoms in total. The van der Waals surface area contributed by atoms with Crippen molar-refractivity contribution in [2.75, 3.05) is 13.2 Å². The maximum absolute atomic E-state index is 10.9. The van der Waals surface area contributed by atoms with Gasteiger partial charge in [-0.2, -0.15) is 0 Å². The van der Waals surface area contributed by atoms with Gasteiger partial charge in [0, 0.05) is 18.6 Å². The Kier molecular flexibility index (Phi) is 4.63. The zero-order valence-electron chi connectivity index (χ0n) is 13.0. The van der Waals surface area contributed by atoms with Gasteiger partial charge in [-0.1, -0.05) is 50.1 Å². The highest BCUT2D eigenvalue weighted by Gasteiger charge is 2.45. The Morgan fingerprint density at radius 1 is 1.19 bits per heavy atom. The van der Waals surface area contributed by atoms with Crippen molar-refractivity contribution in [3.63, 3.8) is 0 Å². The van der Waals surface area contributed by atoms with Gasteiger partial charge in [-0.3, -0.25) is 4.90 Å². The Bertz CT molecular complexity index is 434. The minimum absolute atomic E-state index is 0.361. The van der Waals surface area contributed by atoms with Crippen LogP contribution < -0.4 is 0 Å². The van der Waals surface area contributed by atoms with Crippen molar-refractivity contribution in [1.82, 2.24) is 4.90 Å². The van der Waals surface area contributed by atoms with Gasteiger partial charge in [0.25, 0.3) is 0 Å². The average Bonchev–Trinajstić information content (AvgIpc) is 2.48. The minimum Gasteiger partial charge on any atom is -0.390 e. The van der Waals surface area contributed by atoms with Gasteiger partial charge in [0.15, 0.2) is 0 Å². The summed E-state index contributed by atoms with van der Waals surface area (Å²) in [6, 6.07) is 11.4. The molecule has 2 unspecified atom stereocenters. The number of aliphatic hydroxyl groups is 1. The number of nitrogens with zero attached hydrogens (tertiary/aromatic N) is 1.